The monoisotopic (exact) mass is 1110 g/mol. The highest BCUT2D eigenvalue weighted by Crippen LogP contribution is 2.46. The lowest BCUT2D eigenvalue weighted by atomic mass is 9.81. The van der Waals surface area contributed by atoms with Gasteiger partial charge in [-0.25, -0.2) is 14.2 Å². The van der Waals surface area contributed by atoms with E-state index in [1.54, 1.807) is 36.6 Å². The molecule has 2 atom stereocenters. The molecule has 3 fully saturated rings. The number of halogens is 2. The van der Waals surface area contributed by atoms with Crippen molar-refractivity contribution in [3.8, 4) is 17.5 Å². The quantitative estimate of drug-likeness (QED) is 0.0688. The number of ether oxygens (including phenoxy) is 1. The lowest BCUT2D eigenvalue weighted by Gasteiger charge is -2.36. The first-order valence-electron chi connectivity index (χ1n) is 28.6. The highest BCUT2D eigenvalue weighted by atomic mass is 35.5. The van der Waals surface area contributed by atoms with Crippen LogP contribution in [-0.2, 0) is 44.3 Å². The van der Waals surface area contributed by atoms with E-state index in [-0.39, 0.29) is 66.8 Å². The second-order valence-corrected chi connectivity index (χ2v) is 23.2. The predicted octanol–water partition coefficient (Wildman–Crippen LogP) is 7.13. The Morgan fingerprint density at radius 3 is 2.41 bits per heavy atom. The minimum absolute atomic E-state index is 0.00752. The zero-order chi connectivity index (χ0) is 56.0. The summed E-state index contributed by atoms with van der Waals surface area (Å²) in [5, 5.41) is 37.1. The van der Waals surface area contributed by atoms with Crippen LogP contribution in [0.2, 0.25) is 5.02 Å². The number of benzene rings is 2. The van der Waals surface area contributed by atoms with Crippen LogP contribution in [0.3, 0.4) is 0 Å². The average molecular weight is 1110 g/mol. The molecule has 420 valence electrons. The molecule has 1 saturated carbocycles. The van der Waals surface area contributed by atoms with Gasteiger partial charge in [-0.2, -0.15) is 5.26 Å². The molecule has 0 bridgehead atoms. The van der Waals surface area contributed by atoms with Gasteiger partial charge in [0.05, 0.1) is 52.2 Å². The number of piperazine rings is 1. The van der Waals surface area contributed by atoms with Gasteiger partial charge in [-0.05, 0) is 130 Å². The number of aliphatic hydroxyl groups is 1. The second kappa shape index (κ2) is 22.9. The van der Waals surface area contributed by atoms with E-state index in [1.807, 2.05) is 30.1 Å². The molecule has 1 unspecified atom stereocenters. The van der Waals surface area contributed by atoms with Crippen molar-refractivity contribution in [3.05, 3.63) is 108 Å². The van der Waals surface area contributed by atoms with Crippen LogP contribution in [0.1, 0.15) is 146 Å². The summed E-state index contributed by atoms with van der Waals surface area (Å²) in [5.74, 6) is -0.0272. The molecular formula is C60H69ClFN11O7. The van der Waals surface area contributed by atoms with E-state index < -0.39 is 23.2 Å². The number of esters is 1. The maximum absolute atomic E-state index is 15.4. The molecule has 2 aromatic carbocycles. The van der Waals surface area contributed by atoms with Crippen LogP contribution in [0.4, 0.5) is 15.9 Å². The molecule has 3 N–H and O–H groups in total. The number of nitrogens with one attached hydrogen (secondary N) is 2. The number of piperidine rings is 1. The number of fused-ring (bicyclic) bond motifs is 5. The molecule has 3 amide bonds. The zero-order valence-electron chi connectivity index (χ0n) is 45.8. The SMILES string of the molecule is CC[C@@]1(O)C(=O)OCc2c1cc1n(c2=O)Cc2c-1nc1cc(F)c(C)c3c1c2C(NC(=O)CN1CCN(C(=O)CCCCCC2CCN(c4ccc(C(=O)NC5CCC(N(C)c6ccc(C#N)c(Cl)c6)CC5)nn4)CC2)CC1)CC3. The third-order valence-electron chi connectivity index (χ3n) is 18.2. The van der Waals surface area contributed by atoms with Gasteiger partial charge in [0, 0.05) is 93.1 Å². The van der Waals surface area contributed by atoms with Crippen molar-refractivity contribution >= 4 is 57.7 Å². The number of aromatic nitrogens is 4. The van der Waals surface area contributed by atoms with E-state index in [1.165, 1.54) is 6.07 Å². The van der Waals surface area contributed by atoms with Crippen LogP contribution in [0.25, 0.3) is 22.3 Å². The number of hydrogen-bond acceptors (Lipinski definition) is 14. The summed E-state index contributed by atoms with van der Waals surface area (Å²) in [6.07, 6.45) is 11.2. The molecule has 0 radical (unpaired) electrons. The fraction of sp³-hybridized carbons (Fsp3) is 0.517. The van der Waals surface area contributed by atoms with Crippen molar-refractivity contribution in [1.29, 1.82) is 5.26 Å². The molecular weight excluding hydrogens is 1040 g/mol. The summed E-state index contributed by atoms with van der Waals surface area (Å²) in [7, 11) is 2.04. The molecule has 2 aliphatic carbocycles. The first kappa shape index (κ1) is 54.9. The molecule has 11 rings (SSSR count). The van der Waals surface area contributed by atoms with Crippen LogP contribution in [-0.4, -0.2) is 123 Å². The number of cyclic esters (lactones) is 1. The minimum atomic E-state index is -1.99. The Morgan fingerprint density at radius 1 is 0.925 bits per heavy atom. The van der Waals surface area contributed by atoms with Crippen LogP contribution < -0.4 is 26.0 Å². The fourth-order valence-electron chi connectivity index (χ4n) is 13.3. The third-order valence-corrected chi connectivity index (χ3v) is 18.5. The Hall–Kier alpha value is -7.01. The van der Waals surface area contributed by atoms with Gasteiger partial charge < -0.3 is 39.7 Å². The fourth-order valence-corrected chi connectivity index (χ4v) is 13.5. The van der Waals surface area contributed by atoms with Crippen molar-refractivity contribution in [1.82, 2.24) is 40.2 Å². The van der Waals surface area contributed by atoms with E-state index >= 15 is 4.39 Å². The van der Waals surface area contributed by atoms with Crippen LogP contribution in [0.15, 0.2) is 47.3 Å². The summed E-state index contributed by atoms with van der Waals surface area (Å²) in [5.41, 5.74) is 4.01. The topological polar surface area (TPSA) is 219 Å². The average Bonchev–Trinajstić information content (AvgIpc) is 4.08. The molecule has 6 aliphatic rings. The van der Waals surface area contributed by atoms with Gasteiger partial charge in [0.2, 0.25) is 11.8 Å². The number of nitriles is 1. The van der Waals surface area contributed by atoms with Crippen molar-refractivity contribution in [2.45, 2.75) is 141 Å². The second-order valence-electron chi connectivity index (χ2n) is 22.8. The van der Waals surface area contributed by atoms with Gasteiger partial charge in [-0.1, -0.05) is 37.8 Å². The van der Waals surface area contributed by atoms with E-state index in [2.05, 4.69) is 41.6 Å². The van der Waals surface area contributed by atoms with Crippen molar-refractivity contribution < 1.29 is 33.4 Å². The highest BCUT2D eigenvalue weighted by Gasteiger charge is 2.46. The number of carbonyl (C=O) groups excluding carboxylic acids is 4. The first-order chi connectivity index (χ1) is 38.6. The first-order valence-corrected chi connectivity index (χ1v) is 28.9. The highest BCUT2D eigenvalue weighted by molar-refractivity contribution is 6.32. The number of nitrogens with zero attached hydrogens (tertiary/aromatic N) is 9. The number of pyridine rings is 2. The normalized spacial score (nSPS) is 21.8. The van der Waals surface area contributed by atoms with Crippen molar-refractivity contribution in [2.24, 2.45) is 5.92 Å². The Morgan fingerprint density at radius 2 is 1.70 bits per heavy atom. The Balaban J connectivity index is 0.598. The Kier molecular flexibility index (Phi) is 15.7. The van der Waals surface area contributed by atoms with Crippen LogP contribution in [0.5, 0.6) is 0 Å². The molecule has 5 aromatic rings. The van der Waals surface area contributed by atoms with Crippen molar-refractivity contribution in [2.75, 3.05) is 62.7 Å². The smallest absolute Gasteiger partial charge is 0.343 e. The predicted molar refractivity (Wildman–Crippen MR) is 300 cm³/mol. The summed E-state index contributed by atoms with van der Waals surface area (Å²) in [4.78, 5) is 80.6. The van der Waals surface area contributed by atoms with E-state index in [9.17, 15) is 34.3 Å². The maximum atomic E-state index is 15.4. The summed E-state index contributed by atoms with van der Waals surface area (Å²) < 4.78 is 22.3. The third kappa shape index (κ3) is 10.6. The van der Waals surface area contributed by atoms with Crippen molar-refractivity contribution in [3.63, 3.8) is 0 Å². The van der Waals surface area contributed by atoms with Gasteiger partial charge in [0.25, 0.3) is 11.5 Å². The Labute approximate surface area is 469 Å². The largest absolute Gasteiger partial charge is 0.458 e. The van der Waals surface area contributed by atoms with Crippen LogP contribution >= 0.6 is 11.6 Å². The number of aryl methyl sites for hydroxylation is 1. The molecule has 0 spiro atoms. The maximum Gasteiger partial charge on any atom is 0.343 e. The van der Waals surface area contributed by atoms with Gasteiger partial charge in [0.1, 0.15) is 18.5 Å². The van der Waals surface area contributed by atoms with Crippen LogP contribution in [0, 0.1) is 30.0 Å². The number of carbonyl (C=O) groups is 4. The molecule has 4 aliphatic heterocycles. The summed E-state index contributed by atoms with van der Waals surface area (Å²) in [6.45, 7) is 7.47. The van der Waals surface area contributed by atoms with Gasteiger partial charge in [0.15, 0.2) is 17.1 Å². The van der Waals surface area contributed by atoms with Gasteiger partial charge in [-0.15, -0.1) is 10.2 Å². The number of rotatable bonds is 15. The van der Waals surface area contributed by atoms with E-state index in [0.717, 1.165) is 111 Å². The molecule has 7 heterocycles. The Bertz CT molecular complexity index is 3360. The summed E-state index contributed by atoms with van der Waals surface area (Å²) >= 11 is 6.28. The number of unbranched alkanes of at least 4 members (excludes halogenated alkanes) is 2. The zero-order valence-corrected chi connectivity index (χ0v) is 46.5. The molecule has 2 saturated heterocycles. The molecule has 80 heavy (non-hydrogen) atoms. The lowest BCUT2D eigenvalue weighted by Crippen LogP contribution is -2.51. The lowest BCUT2D eigenvalue weighted by molar-refractivity contribution is -0.172. The standard InChI is InChI=1S/C60H69ClFN11O7/c1-4-60(79)44-29-50-56-42(32-73(50)58(77)43(44)34-80-59(60)78)55-47(17-16-41-35(2)46(62)30-49(66-56)54(41)55)65-52(74)33-70-24-26-72(27-25-70)53(75)9-7-5-6-8-36-20-22-71(23-21-36)51-19-18-48(67-68-51)57(76)64-38-11-14-39(15-12-38)69(3)40-13-10-37(31-63)45(61)28-40/h10,13,18-19,28-30,36,38-39,47,79H,4-9,11-12,14-17,20-27,32-34H2,1-3H3,(H,64,76)(H,65,74)/t38?,39?,47?,60-/m0/s1. The van der Waals surface area contributed by atoms with E-state index in [4.69, 9.17) is 21.3 Å². The minimum Gasteiger partial charge on any atom is -0.458 e. The number of anilines is 2. The summed E-state index contributed by atoms with van der Waals surface area (Å²) in [6, 6.07) is 14.3. The van der Waals surface area contributed by atoms with Gasteiger partial charge in [-0.3, -0.25) is 24.1 Å². The molecule has 3 aromatic heterocycles. The number of amides is 3. The number of hydrogen-bond donors (Lipinski definition) is 3. The molecule has 18 nitrogen and oxygen atoms in total. The van der Waals surface area contributed by atoms with E-state index in [0.29, 0.717) is 96.1 Å². The molecule has 20 heteroatoms. The van der Waals surface area contributed by atoms with Gasteiger partial charge >= 0.3 is 5.97 Å².